The van der Waals surface area contributed by atoms with Gasteiger partial charge in [-0.2, -0.15) is 0 Å². The maximum atomic E-state index is 13.6. The number of unbranched alkanes of at least 4 members (excludes halogenated alkanes) is 8. The Bertz CT molecular complexity index is 231. The highest BCUT2D eigenvalue weighted by atomic mass is 19.1. The van der Waals surface area contributed by atoms with Crippen molar-refractivity contribution in [2.45, 2.75) is 103 Å². The van der Waals surface area contributed by atoms with E-state index in [2.05, 4.69) is 13.8 Å². The van der Waals surface area contributed by atoms with Crippen molar-refractivity contribution < 1.29 is 13.9 Å². The third kappa shape index (κ3) is 15.6. The lowest BCUT2D eigenvalue weighted by Crippen LogP contribution is -2.10. The summed E-state index contributed by atoms with van der Waals surface area (Å²) < 4.78 is 18.6. The third-order valence-corrected chi connectivity index (χ3v) is 3.80. The van der Waals surface area contributed by atoms with E-state index in [9.17, 15) is 9.18 Å². The van der Waals surface area contributed by atoms with Crippen LogP contribution in [0.4, 0.5) is 4.39 Å². The molecule has 0 saturated heterocycles. The molecule has 0 heterocycles. The van der Waals surface area contributed by atoms with Crippen LogP contribution in [0, 0.1) is 0 Å². The van der Waals surface area contributed by atoms with Crippen LogP contribution in [0.2, 0.25) is 0 Å². The first-order valence-electron chi connectivity index (χ1n) is 9.00. The van der Waals surface area contributed by atoms with Crippen molar-refractivity contribution in [1.82, 2.24) is 0 Å². The topological polar surface area (TPSA) is 26.3 Å². The van der Waals surface area contributed by atoms with Gasteiger partial charge in [-0.3, -0.25) is 4.79 Å². The Hall–Kier alpha value is -0.600. The third-order valence-electron chi connectivity index (χ3n) is 3.80. The normalized spacial score (nSPS) is 12.3. The smallest absolute Gasteiger partial charge is 0.305 e. The van der Waals surface area contributed by atoms with Crippen LogP contribution in [0.3, 0.4) is 0 Å². The zero-order valence-corrected chi connectivity index (χ0v) is 14.2. The van der Waals surface area contributed by atoms with Crippen LogP contribution in [0.25, 0.3) is 0 Å². The summed E-state index contributed by atoms with van der Waals surface area (Å²) in [7, 11) is 0. The van der Waals surface area contributed by atoms with Gasteiger partial charge in [-0.15, -0.1) is 0 Å². The molecule has 1 atom stereocenters. The Morgan fingerprint density at radius 3 is 2.05 bits per heavy atom. The van der Waals surface area contributed by atoms with E-state index in [1.807, 2.05) is 0 Å². The van der Waals surface area contributed by atoms with Crippen molar-refractivity contribution in [1.29, 1.82) is 0 Å². The second-order valence-electron chi connectivity index (χ2n) is 5.97. The Morgan fingerprint density at radius 2 is 1.43 bits per heavy atom. The predicted octanol–water partition coefficient (Wildman–Crippen LogP) is 5.98. The standard InChI is InChI=1S/C18H35FO2/c1-3-5-7-9-11-13-17(19)15-16-21-18(20)14-12-10-8-6-4-2/h17H,3-16H2,1-2H3. The van der Waals surface area contributed by atoms with Gasteiger partial charge in [0.05, 0.1) is 6.61 Å². The fourth-order valence-corrected chi connectivity index (χ4v) is 2.36. The number of carbonyl (C=O) groups excluding carboxylic acids is 1. The molecule has 3 heteroatoms. The minimum atomic E-state index is -0.816. The Kier molecular flexibility index (Phi) is 15.3. The second kappa shape index (κ2) is 15.8. The predicted molar refractivity (Wildman–Crippen MR) is 87.2 cm³/mol. The van der Waals surface area contributed by atoms with Crippen LogP contribution in [0.15, 0.2) is 0 Å². The van der Waals surface area contributed by atoms with Crippen LogP contribution >= 0.6 is 0 Å². The Labute approximate surface area is 130 Å². The number of carbonyl (C=O) groups is 1. The van der Waals surface area contributed by atoms with Crippen LogP contribution in [0.5, 0.6) is 0 Å². The molecule has 0 bridgehead atoms. The minimum absolute atomic E-state index is 0.165. The van der Waals surface area contributed by atoms with Gasteiger partial charge in [0.15, 0.2) is 0 Å². The highest BCUT2D eigenvalue weighted by molar-refractivity contribution is 5.69. The molecule has 0 aromatic carbocycles. The summed E-state index contributed by atoms with van der Waals surface area (Å²) in [6.45, 7) is 4.59. The fraction of sp³-hybridized carbons (Fsp3) is 0.944. The van der Waals surface area contributed by atoms with E-state index < -0.39 is 6.17 Å². The largest absolute Gasteiger partial charge is 0.466 e. The van der Waals surface area contributed by atoms with Crippen molar-refractivity contribution in [3.63, 3.8) is 0 Å². The van der Waals surface area contributed by atoms with E-state index >= 15 is 0 Å². The number of alkyl halides is 1. The first-order valence-corrected chi connectivity index (χ1v) is 9.00. The van der Waals surface area contributed by atoms with E-state index in [0.717, 1.165) is 25.7 Å². The van der Waals surface area contributed by atoms with Gasteiger partial charge >= 0.3 is 5.97 Å². The molecule has 126 valence electrons. The van der Waals surface area contributed by atoms with Crippen molar-refractivity contribution >= 4 is 5.97 Å². The van der Waals surface area contributed by atoms with E-state index in [1.54, 1.807) is 0 Å². The van der Waals surface area contributed by atoms with Gasteiger partial charge in [0, 0.05) is 12.8 Å². The summed E-state index contributed by atoms with van der Waals surface area (Å²) in [6.07, 6.45) is 12.0. The number of halogens is 1. The summed E-state index contributed by atoms with van der Waals surface area (Å²) in [4.78, 5) is 11.4. The molecule has 0 spiro atoms. The average molecular weight is 302 g/mol. The molecule has 0 saturated carbocycles. The Morgan fingerprint density at radius 1 is 0.857 bits per heavy atom. The lowest BCUT2D eigenvalue weighted by atomic mass is 10.1. The first-order chi connectivity index (χ1) is 10.2. The van der Waals surface area contributed by atoms with Crippen molar-refractivity contribution in [2.75, 3.05) is 6.61 Å². The lowest BCUT2D eigenvalue weighted by Gasteiger charge is -2.09. The summed E-state index contributed by atoms with van der Waals surface area (Å²) >= 11 is 0. The van der Waals surface area contributed by atoms with Gasteiger partial charge in [0.2, 0.25) is 0 Å². The van der Waals surface area contributed by atoms with Gasteiger partial charge in [0.1, 0.15) is 6.17 Å². The van der Waals surface area contributed by atoms with Crippen molar-refractivity contribution in [3.05, 3.63) is 0 Å². The van der Waals surface area contributed by atoms with E-state index in [4.69, 9.17) is 4.74 Å². The quantitative estimate of drug-likeness (QED) is 0.275. The van der Waals surface area contributed by atoms with Crippen molar-refractivity contribution in [3.8, 4) is 0 Å². The number of hydrogen-bond donors (Lipinski definition) is 0. The molecule has 0 aliphatic carbocycles. The summed E-state index contributed by atoms with van der Waals surface area (Å²) in [5, 5.41) is 0. The summed E-state index contributed by atoms with van der Waals surface area (Å²) in [6, 6.07) is 0. The summed E-state index contributed by atoms with van der Waals surface area (Å²) in [5.74, 6) is -0.165. The molecule has 0 aliphatic heterocycles. The number of ether oxygens (including phenoxy) is 1. The molecule has 0 aliphatic rings. The molecule has 0 radical (unpaired) electrons. The minimum Gasteiger partial charge on any atom is -0.466 e. The molecule has 0 N–H and O–H groups in total. The lowest BCUT2D eigenvalue weighted by molar-refractivity contribution is -0.144. The molecule has 0 rings (SSSR count). The second-order valence-corrected chi connectivity index (χ2v) is 5.97. The molecule has 21 heavy (non-hydrogen) atoms. The monoisotopic (exact) mass is 302 g/mol. The number of hydrogen-bond acceptors (Lipinski definition) is 2. The SMILES string of the molecule is CCCCCCCC(=O)OCCC(F)CCCCCCC. The number of rotatable bonds is 15. The molecule has 0 fully saturated rings. The van der Waals surface area contributed by atoms with E-state index in [0.29, 0.717) is 19.3 Å². The maximum absolute atomic E-state index is 13.6. The molecule has 0 aromatic rings. The zero-order chi connectivity index (χ0) is 15.8. The molecule has 0 aromatic heterocycles. The zero-order valence-electron chi connectivity index (χ0n) is 14.2. The van der Waals surface area contributed by atoms with Gasteiger partial charge in [-0.05, 0) is 12.8 Å². The van der Waals surface area contributed by atoms with Crippen LogP contribution in [-0.4, -0.2) is 18.7 Å². The van der Waals surface area contributed by atoms with Gasteiger partial charge in [-0.1, -0.05) is 71.6 Å². The van der Waals surface area contributed by atoms with Crippen molar-refractivity contribution in [2.24, 2.45) is 0 Å². The molecule has 1 unspecified atom stereocenters. The van der Waals surface area contributed by atoms with E-state index in [1.165, 1.54) is 38.5 Å². The molecule has 0 amide bonds. The first kappa shape index (κ1) is 20.4. The fourth-order valence-electron chi connectivity index (χ4n) is 2.36. The average Bonchev–Trinajstić information content (AvgIpc) is 2.47. The molecule has 2 nitrogen and oxygen atoms in total. The highest BCUT2D eigenvalue weighted by Gasteiger charge is 2.08. The van der Waals surface area contributed by atoms with Gasteiger partial charge < -0.3 is 4.74 Å². The number of esters is 1. The highest BCUT2D eigenvalue weighted by Crippen LogP contribution is 2.12. The maximum Gasteiger partial charge on any atom is 0.305 e. The Balaban J connectivity index is 3.32. The molecular formula is C18H35FO2. The van der Waals surface area contributed by atoms with Crippen LogP contribution in [-0.2, 0) is 9.53 Å². The van der Waals surface area contributed by atoms with Gasteiger partial charge in [0.25, 0.3) is 0 Å². The summed E-state index contributed by atoms with van der Waals surface area (Å²) in [5.41, 5.74) is 0. The van der Waals surface area contributed by atoms with Crippen LogP contribution < -0.4 is 0 Å². The van der Waals surface area contributed by atoms with Crippen LogP contribution in [0.1, 0.15) is 97.3 Å². The van der Waals surface area contributed by atoms with Gasteiger partial charge in [-0.25, -0.2) is 4.39 Å². The van der Waals surface area contributed by atoms with E-state index in [-0.39, 0.29) is 12.6 Å². The molecular weight excluding hydrogens is 267 g/mol.